The molecule has 0 bridgehead atoms. The molecule has 0 fully saturated rings. The molecule has 0 aliphatic carbocycles. The molecule has 2 aromatic rings. The maximum Gasteiger partial charge on any atom is 0.173 e. The van der Waals surface area contributed by atoms with Gasteiger partial charge in [0.1, 0.15) is 5.69 Å². The Labute approximate surface area is 115 Å². The molecule has 0 radical (unpaired) electrons. The van der Waals surface area contributed by atoms with Crippen LogP contribution in [0.15, 0.2) is 18.2 Å². The van der Waals surface area contributed by atoms with Gasteiger partial charge in [0, 0.05) is 0 Å². The minimum atomic E-state index is -0.527. The molecule has 0 aliphatic heterocycles. The molecule has 0 saturated heterocycles. The van der Waals surface area contributed by atoms with Gasteiger partial charge in [-0.05, 0) is 42.4 Å². The van der Waals surface area contributed by atoms with Gasteiger partial charge in [0.05, 0.1) is 11.1 Å². The van der Waals surface area contributed by atoms with Crippen molar-refractivity contribution in [2.75, 3.05) is 6.54 Å². The number of halogens is 2. The van der Waals surface area contributed by atoms with E-state index in [9.17, 15) is 4.39 Å². The number of nitrogens with zero attached hydrogens (tertiary/aromatic N) is 4. The summed E-state index contributed by atoms with van der Waals surface area (Å²) in [4.78, 5) is 0. The number of hydrogen-bond acceptors (Lipinski definition) is 4. The summed E-state index contributed by atoms with van der Waals surface area (Å²) in [5, 5.41) is 14.7. The van der Waals surface area contributed by atoms with Crippen molar-refractivity contribution < 1.29 is 4.39 Å². The first kappa shape index (κ1) is 13.9. The molecule has 2 rings (SSSR count). The molecule has 102 valence electrons. The maximum absolute atomic E-state index is 14.0. The van der Waals surface area contributed by atoms with Gasteiger partial charge in [0.2, 0.25) is 0 Å². The first-order valence-electron chi connectivity index (χ1n) is 6.11. The first-order chi connectivity index (χ1) is 9.15. The lowest BCUT2D eigenvalue weighted by atomic mass is 10.2. The van der Waals surface area contributed by atoms with Crippen LogP contribution in [0.2, 0.25) is 5.02 Å². The van der Waals surface area contributed by atoms with Crippen LogP contribution in [-0.4, -0.2) is 26.8 Å². The van der Waals surface area contributed by atoms with Crippen molar-refractivity contribution in [1.82, 2.24) is 25.5 Å². The van der Waals surface area contributed by atoms with Crippen LogP contribution in [0.4, 0.5) is 4.39 Å². The number of hydrogen-bond donors (Lipinski definition) is 1. The zero-order valence-electron chi connectivity index (χ0n) is 10.8. The zero-order chi connectivity index (χ0) is 13.8. The van der Waals surface area contributed by atoms with E-state index in [0.29, 0.717) is 5.82 Å². The number of benzene rings is 1. The van der Waals surface area contributed by atoms with E-state index in [1.54, 1.807) is 12.1 Å². The van der Waals surface area contributed by atoms with E-state index in [0.717, 1.165) is 13.0 Å². The number of tetrazole rings is 1. The average Bonchev–Trinajstić information content (AvgIpc) is 2.88. The van der Waals surface area contributed by atoms with E-state index in [2.05, 4.69) is 27.8 Å². The molecule has 1 heterocycles. The van der Waals surface area contributed by atoms with Crippen LogP contribution < -0.4 is 5.32 Å². The summed E-state index contributed by atoms with van der Waals surface area (Å²) in [7, 11) is 0. The topological polar surface area (TPSA) is 55.6 Å². The summed E-state index contributed by atoms with van der Waals surface area (Å²) in [5.41, 5.74) is 0.248. The van der Waals surface area contributed by atoms with Gasteiger partial charge in [-0.25, -0.2) is 4.39 Å². The van der Waals surface area contributed by atoms with E-state index in [4.69, 9.17) is 11.6 Å². The standard InChI is InChI=1S/C12H15ClFN5/c1-3-7-15-8(2)12-16-17-18-19(12)10-6-4-5-9(13)11(10)14/h4-6,8,15H,3,7H2,1-2H3. The van der Waals surface area contributed by atoms with Crippen LogP contribution in [0.25, 0.3) is 5.69 Å². The van der Waals surface area contributed by atoms with Crippen LogP contribution in [0.3, 0.4) is 0 Å². The Morgan fingerprint density at radius 2 is 2.26 bits per heavy atom. The number of aromatic nitrogens is 4. The molecule has 1 N–H and O–H groups in total. The van der Waals surface area contributed by atoms with Gasteiger partial charge in [-0.2, -0.15) is 4.68 Å². The molecule has 0 spiro atoms. The number of nitrogens with one attached hydrogen (secondary N) is 1. The second-order valence-electron chi connectivity index (χ2n) is 4.20. The van der Waals surface area contributed by atoms with E-state index < -0.39 is 5.82 Å². The summed E-state index contributed by atoms with van der Waals surface area (Å²) < 4.78 is 15.4. The van der Waals surface area contributed by atoms with Crippen molar-refractivity contribution in [3.63, 3.8) is 0 Å². The third-order valence-corrected chi connectivity index (χ3v) is 3.03. The van der Waals surface area contributed by atoms with Crippen LogP contribution >= 0.6 is 11.6 Å². The Bertz CT molecular complexity index is 557. The Kier molecular flexibility index (Phi) is 4.44. The molecule has 1 atom stereocenters. The molecule has 0 amide bonds. The largest absolute Gasteiger partial charge is 0.307 e. The highest BCUT2D eigenvalue weighted by Gasteiger charge is 2.18. The lowest BCUT2D eigenvalue weighted by Crippen LogP contribution is -2.23. The van der Waals surface area contributed by atoms with Crippen molar-refractivity contribution in [3.8, 4) is 5.69 Å². The minimum Gasteiger partial charge on any atom is -0.307 e. The molecule has 1 aromatic heterocycles. The lowest BCUT2D eigenvalue weighted by molar-refractivity contribution is 0.524. The summed E-state index contributed by atoms with van der Waals surface area (Å²) in [6.45, 7) is 4.84. The highest BCUT2D eigenvalue weighted by molar-refractivity contribution is 6.30. The van der Waals surface area contributed by atoms with Crippen molar-refractivity contribution in [1.29, 1.82) is 0 Å². The van der Waals surface area contributed by atoms with Crippen LogP contribution in [0, 0.1) is 5.82 Å². The second-order valence-corrected chi connectivity index (χ2v) is 4.60. The quantitative estimate of drug-likeness (QED) is 0.916. The fraction of sp³-hybridized carbons (Fsp3) is 0.417. The molecule has 1 unspecified atom stereocenters. The third kappa shape index (κ3) is 2.90. The molecule has 7 heteroatoms. The predicted octanol–water partition coefficient (Wildman–Crippen LogP) is 2.52. The lowest BCUT2D eigenvalue weighted by Gasteiger charge is -2.13. The van der Waals surface area contributed by atoms with Gasteiger partial charge in [0.15, 0.2) is 11.6 Å². The van der Waals surface area contributed by atoms with Gasteiger partial charge in [-0.3, -0.25) is 0 Å². The Morgan fingerprint density at radius 3 is 3.00 bits per heavy atom. The zero-order valence-corrected chi connectivity index (χ0v) is 11.5. The smallest absolute Gasteiger partial charge is 0.173 e. The fourth-order valence-electron chi connectivity index (χ4n) is 1.74. The molecule has 19 heavy (non-hydrogen) atoms. The highest BCUT2D eigenvalue weighted by atomic mass is 35.5. The monoisotopic (exact) mass is 283 g/mol. The van der Waals surface area contributed by atoms with Crippen molar-refractivity contribution in [2.24, 2.45) is 0 Å². The molecule has 0 aliphatic rings. The summed E-state index contributed by atoms with van der Waals surface area (Å²) >= 11 is 5.77. The molecule has 1 aromatic carbocycles. The summed E-state index contributed by atoms with van der Waals surface area (Å²) in [6.07, 6.45) is 0.997. The molecule has 0 saturated carbocycles. The third-order valence-electron chi connectivity index (χ3n) is 2.74. The fourth-order valence-corrected chi connectivity index (χ4v) is 1.91. The van der Waals surface area contributed by atoms with Gasteiger partial charge in [0.25, 0.3) is 0 Å². The van der Waals surface area contributed by atoms with Crippen LogP contribution in [0.1, 0.15) is 32.1 Å². The van der Waals surface area contributed by atoms with Crippen molar-refractivity contribution in [2.45, 2.75) is 26.3 Å². The second kappa shape index (κ2) is 6.08. The molecular formula is C12H15ClFN5. The van der Waals surface area contributed by atoms with Gasteiger partial charge in [-0.15, -0.1) is 5.10 Å². The van der Waals surface area contributed by atoms with Crippen LogP contribution in [0.5, 0.6) is 0 Å². The normalized spacial score (nSPS) is 12.6. The first-order valence-corrected chi connectivity index (χ1v) is 6.49. The SMILES string of the molecule is CCCNC(C)c1nnnn1-c1cccc(Cl)c1F. The molecular weight excluding hydrogens is 269 g/mol. The molecule has 5 nitrogen and oxygen atoms in total. The Morgan fingerprint density at radius 1 is 1.47 bits per heavy atom. The highest BCUT2D eigenvalue weighted by Crippen LogP contribution is 2.22. The van der Waals surface area contributed by atoms with E-state index in [1.165, 1.54) is 10.7 Å². The summed E-state index contributed by atoms with van der Waals surface area (Å²) in [5.74, 6) is 0.0232. The minimum absolute atomic E-state index is 0.0492. The Balaban J connectivity index is 2.36. The predicted molar refractivity (Wildman–Crippen MR) is 70.8 cm³/mol. The van der Waals surface area contributed by atoms with Gasteiger partial charge >= 0.3 is 0 Å². The van der Waals surface area contributed by atoms with Gasteiger partial charge < -0.3 is 5.32 Å². The summed E-state index contributed by atoms with van der Waals surface area (Å²) in [6, 6.07) is 4.67. The van der Waals surface area contributed by atoms with E-state index in [1.807, 2.05) is 6.92 Å². The van der Waals surface area contributed by atoms with Gasteiger partial charge in [-0.1, -0.05) is 24.6 Å². The van der Waals surface area contributed by atoms with E-state index in [-0.39, 0.29) is 16.8 Å². The Hall–Kier alpha value is -1.53. The van der Waals surface area contributed by atoms with E-state index >= 15 is 0 Å². The maximum atomic E-state index is 14.0. The number of rotatable bonds is 5. The van der Waals surface area contributed by atoms with Crippen molar-refractivity contribution in [3.05, 3.63) is 34.9 Å². The van der Waals surface area contributed by atoms with Crippen LogP contribution in [-0.2, 0) is 0 Å². The average molecular weight is 284 g/mol. The van der Waals surface area contributed by atoms with Crippen molar-refractivity contribution >= 4 is 11.6 Å².